The molecule has 7 nitrogen and oxygen atoms in total. The largest absolute Gasteiger partial charge is 0.379 e. The normalized spacial score (nSPS) is 17.8. The number of fused-ring (bicyclic) bond motifs is 1. The Morgan fingerprint density at radius 1 is 1.13 bits per heavy atom. The molecule has 0 spiro atoms. The molecule has 1 unspecified atom stereocenters. The highest BCUT2D eigenvalue weighted by Crippen LogP contribution is 2.27. The number of morpholine rings is 1. The third-order valence-electron chi connectivity index (χ3n) is 6.41. The Hall–Kier alpha value is -1.39. The number of halogens is 1. The fourth-order valence-electron chi connectivity index (χ4n) is 4.61. The number of nitrogens with zero attached hydrogens (tertiary/aromatic N) is 3. The minimum atomic E-state index is 0. The van der Waals surface area contributed by atoms with Crippen LogP contribution in [0.1, 0.15) is 32.3 Å². The van der Waals surface area contributed by atoms with Gasteiger partial charge in [-0.05, 0) is 24.0 Å². The third kappa shape index (κ3) is 6.79. The number of guanidine groups is 1. The molecule has 2 heterocycles. The number of ether oxygens (including phenoxy) is 1. The van der Waals surface area contributed by atoms with Crippen LogP contribution in [0.3, 0.4) is 0 Å². The van der Waals surface area contributed by atoms with Gasteiger partial charge in [0, 0.05) is 45.0 Å². The Morgan fingerprint density at radius 3 is 2.52 bits per heavy atom. The van der Waals surface area contributed by atoms with E-state index in [-0.39, 0.29) is 36.4 Å². The molecule has 174 valence electrons. The summed E-state index contributed by atoms with van der Waals surface area (Å²) < 4.78 is 5.54. The van der Waals surface area contributed by atoms with Gasteiger partial charge in [0.2, 0.25) is 5.91 Å². The average molecular weight is 543 g/mol. The summed E-state index contributed by atoms with van der Waals surface area (Å²) in [7, 11) is 1.76. The fourth-order valence-corrected chi connectivity index (χ4v) is 4.61. The maximum atomic E-state index is 12.8. The number of para-hydroxylation sites is 1. The number of aliphatic imine (C=N–C) groups is 1. The van der Waals surface area contributed by atoms with E-state index in [0.717, 1.165) is 64.3 Å². The summed E-state index contributed by atoms with van der Waals surface area (Å²) in [6, 6.07) is 8.57. The number of benzene rings is 1. The molecule has 2 N–H and O–H groups in total. The van der Waals surface area contributed by atoms with E-state index in [1.807, 2.05) is 23.1 Å². The first kappa shape index (κ1) is 25.9. The van der Waals surface area contributed by atoms with Crippen molar-refractivity contribution in [3.05, 3.63) is 29.8 Å². The van der Waals surface area contributed by atoms with E-state index < -0.39 is 0 Å². The van der Waals surface area contributed by atoms with Gasteiger partial charge in [0.05, 0.1) is 19.8 Å². The van der Waals surface area contributed by atoms with Gasteiger partial charge in [-0.1, -0.05) is 44.9 Å². The van der Waals surface area contributed by atoms with E-state index in [0.29, 0.717) is 17.9 Å². The lowest BCUT2D eigenvalue weighted by Gasteiger charge is -2.39. The summed E-state index contributed by atoms with van der Waals surface area (Å²) in [4.78, 5) is 21.5. The molecular formula is C23H38IN5O2. The zero-order valence-corrected chi connectivity index (χ0v) is 21.4. The highest BCUT2D eigenvalue weighted by Gasteiger charge is 2.27. The summed E-state index contributed by atoms with van der Waals surface area (Å²) in [6.45, 7) is 9.88. The standard InChI is InChI=1S/C23H37N5O2.HI/c1-4-18(5-2)21(27-12-14-30-15-13-27)16-25-23(24-3)26-17-22(29)28-11-10-19-8-6-7-9-20(19)28;/h6-9,18,21H,4-5,10-17H2,1-3H3,(H2,24,25,26);1H. The number of anilines is 1. The smallest absolute Gasteiger partial charge is 0.246 e. The first-order valence-electron chi connectivity index (χ1n) is 11.3. The molecule has 1 aromatic rings. The second kappa shape index (κ2) is 13.2. The molecule has 1 amide bonds. The van der Waals surface area contributed by atoms with E-state index in [9.17, 15) is 4.79 Å². The number of carbonyl (C=O) groups is 1. The molecule has 2 aliphatic heterocycles. The zero-order chi connectivity index (χ0) is 21.3. The minimum absolute atomic E-state index is 0. The minimum Gasteiger partial charge on any atom is -0.379 e. The monoisotopic (exact) mass is 543 g/mol. The predicted octanol–water partition coefficient (Wildman–Crippen LogP) is 2.50. The van der Waals surface area contributed by atoms with Crippen molar-refractivity contribution >= 4 is 41.5 Å². The topological polar surface area (TPSA) is 69.2 Å². The molecule has 0 bridgehead atoms. The van der Waals surface area contributed by atoms with Gasteiger partial charge in [0.15, 0.2) is 5.96 Å². The van der Waals surface area contributed by atoms with Crippen LogP contribution >= 0.6 is 24.0 Å². The van der Waals surface area contributed by atoms with Crippen molar-refractivity contribution in [2.75, 3.05) is 57.9 Å². The van der Waals surface area contributed by atoms with Crippen LogP contribution < -0.4 is 15.5 Å². The van der Waals surface area contributed by atoms with Gasteiger partial charge in [0.1, 0.15) is 0 Å². The van der Waals surface area contributed by atoms with Crippen molar-refractivity contribution < 1.29 is 9.53 Å². The number of hydrogen-bond acceptors (Lipinski definition) is 4. The van der Waals surface area contributed by atoms with Crippen LogP contribution in [0.2, 0.25) is 0 Å². The van der Waals surface area contributed by atoms with Gasteiger partial charge in [-0.2, -0.15) is 0 Å². The Kier molecular flexibility index (Phi) is 11.0. The van der Waals surface area contributed by atoms with E-state index in [2.05, 4.69) is 40.4 Å². The third-order valence-corrected chi connectivity index (χ3v) is 6.41. The Balaban J connectivity index is 0.00000341. The van der Waals surface area contributed by atoms with Crippen molar-refractivity contribution in [1.29, 1.82) is 0 Å². The Labute approximate surface area is 204 Å². The fraction of sp³-hybridized carbons (Fsp3) is 0.652. The van der Waals surface area contributed by atoms with E-state index in [1.54, 1.807) is 7.05 Å². The van der Waals surface area contributed by atoms with Gasteiger partial charge in [-0.15, -0.1) is 24.0 Å². The molecule has 1 saturated heterocycles. The van der Waals surface area contributed by atoms with Gasteiger partial charge >= 0.3 is 0 Å². The second-order valence-electron chi connectivity index (χ2n) is 8.02. The van der Waals surface area contributed by atoms with Gasteiger partial charge in [0.25, 0.3) is 0 Å². The van der Waals surface area contributed by atoms with Crippen molar-refractivity contribution in [3.63, 3.8) is 0 Å². The molecule has 0 aromatic heterocycles. The van der Waals surface area contributed by atoms with Crippen LogP contribution in [0, 0.1) is 5.92 Å². The number of hydrogen-bond donors (Lipinski definition) is 2. The number of carbonyl (C=O) groups excluding carboxylic acids is 1. The molecule has 0 radical (unpaired) electrons. The van der Waals surface area contributed by atoms with Gasteiger partial charge in [-0.3, -0.25) is 14.7 Å². The van der Waals surface area contributed by atoms with Crippen LogP contribution in [0.5, 0.6) is 0 Å². The van der Waals surface area contributed by atoms with Crippen LogP contribution in [-0.2, 0) is 16.0 Å². The molecule has 31 heavy (non-hydrogen) atoms. The maximum absolute atomic E-state index is 12.8. The molecule has 0 saturated carbocycles. The molecule has 0 aliphatic carbocycles. The number of nitrogens with one attached hydrogen (secondary N) is 2. The first-order valence-corrected chi connectivity index (χ1v) is 11.3. The number of amides is 1. The predicted molar refractivity (Wildman–Crippen MR) is 138 cm³/mol. The SMILES string of the molecule is CCC(CC)C(CNC(=NC)NCC(=O)N1CCc2ccccc21)N1CCOCC1.I. The number of rotatable bonds is 8. The van der Waals surface area contributed by atoms with Crippen molar-refractivity contribution in [2.24, 2.45) is 10.9 Å². The van der Waals surface area contributed by atoms with Crippen LogP contribution in [0.4, 0.5) is 5.69 Å². The van der Waals surface area contributed by atoms with Gasteiger partial charge < -0.3 is 20.3 Å². The molecular weight excluding hydrogens is 505 g/mol. The molecule has 3 rings (SSSR count). The summed E-state index contributed by atoms with van der Waals surface area (Å²) in [5.41, 5.74) is 2.28. The van der Waals surface area contributed by atoms with Crippen molar-refractivity contribution in [2.45, 2.75) is 39.2 Å². The second-order valence-corrected chi connectivity index (χ2v) is 8.02. The Morgan fingerprint density at radius 2 is 1.84 bits per heavy atom. The highest BCUT2D eigenvalue weighted by molar-refractivity contribution is 14.0. The maximum Gasteiger partial charge on any atom is 0.246 e. The average Bonchev–Trinajstić information content (AvgIpc) is 3.23. The molecule has 8 heteroatoms. The van der Waals surface area contributed by atoms with E-state index in [1.165, 1.54) is 5.56 Å². The summed E-state index contributed by atoms with van der Waals surface area (Å²) in [5.74, 6) is 1.38. The van der Waals surface area contributed by atoms with Crippen molar-refractivity contribution in [1.82, 2.24) is 15.5 Å². The quantitative estimate of drug-likeness (QED) is 0.300. The zero-order valence-electron chi connectivity index (χ0n) is 19.1. The van der Waals surface area contributed by atoms with Crippen molar-refractivity contribution in [3.8, 4) is 0 Å². The van der Waals surface area contributed by atoms with Crippen LogP contribution in [0.25, 0.3) is 0 Å². The molecule has 1 fully saturated rings. The molecule has 1 atom stereocenters. The summed E-state index contributed by atoms with van der Waals surface area (Å²) >= 11 is 0. The molecule has 1 aromatic carbocycles. The van der Waals surface area contributed by atoms with Crippen LogP contribution in [0.15, 0.2) is 29.3 Å². The highest BCUT2D eigenvalue weighted by atomic mass is 127. The van der Waals surface area contributed by atoms with Crippen LogP contribution in [-0.4, -0.2) is 75.8 Å². The first-order chi connectivity index (χ1) is 14.7. The summed E-state index contributed by atoms with van der Waals surface area (Å²) in [6.07, 6.45) is 3.23. The lowest BCUT2D eigenvalue weighted by atomic mass is 9.92. The van der Waals surface area contributed by atoms with Gasteiger partial charge in [-0.25, -0.2) is 0 Å². The lowest BCUT2D eigenvalue weighted by molar-refractivity contribution is -0.117. The lowest BCUT2D eigenvalue weighted by Crippen LogP contribution is -2.54. The van der Waals surface area contributed by atoms with E-state index >= 15 is 0 Å². The van der Waals surface area contributed by atoms with E-state index in [4.69, 9.17) is 4.74 Å². The summed E-state index contributed by atoms with van der Waals surface area (Å²) in [5, 5.41) is 6.68. The molecule has 2 aliphatic rings. The Bertz CT molecular complexity index is 720.